The number of nitrogens with zero attached hydrogens (tertiary/aromatic N) is 3. The van der Waals surface area contributed by atoms with Crippen LogP contribution in [-0.2, 0) is 24.3 Å². The zero-order valence-electron chi connectivity index (χ0n) is 13.1. The zero-order valence-corrected chi connectivity index (χ0v) is 13.1. The van der Waals surface area contributed by atoms with E-state index in [4.69, 9.17) is 0 Å². The summed E-state index contributed by atoms with van der Waals surface area (Å²) in [7, 11) is 0. The van der Waals surface area contributed by atoms with Crippen molar-refractivity contribution in [3.63, 3.8) is 0 Å². The monoisotopic (exact) mass is 330 g/mol. The molecule has 1 aromatic carbocycles. The minimum atomic E-state index is -0.407. The van der Waals surface area contributed by atoms with Crippen molar-refractivity contribution in [2.24, 2.45) is 0 Å². The Balaban J connectivity index is 1.35. The van der Waals surface area contributed by atoms with Gasteiger partial charge < -0.3 is 9.88 Å². The molecule has 0 bridgehead atoms. The summed E-state index contributed by atoms with van der Waals surface area (Å²) in [6.45, 7) is 1.26. The molecule has 2 unspecified atom stereocenters. The van der Waals surface area contributed by atoms with Gasteiger partial charge in [0.15, 0.2) is 5.82 Å². The van der Waals surface area contributed by atoms with Gasteiger partial charge in [-0.2, -0.15) is 0 Å². The third-order valence-corrected chi connectivity index (χ3v) is 4.61. The number of amides is 1. The van der Waals surface area contributed by atoms with Gasteiger partial charge in [-0.3, -0.25) is 4.79 Å². The first kappa shape index (κ1) is 15.2. The summed E-state index contributed by atoms with van der Waals surface area (Å²) >= 11 is 0. The van der Waals surface area contributed by atoms with Crippen LogP contribution in [0.25, 0.3) is 0 Å². The highest BCUT2D eigenvalue weighted by molar-refractivity contribution is 5.82. The topological polar surface area (TPSA) is 83.9 Å². The Bertz CT molecular complexity index is 761. The van der Waals surface area contributed by atoms with Crippen molar-refractivity contribution < 1.29 is 9.18 Å². The Labute approximate surface area is 138 Å². The summed E-state index contributed by atoms with van der Waals surface area (Å²) in [5.41, 5.74) is 6.50. The molecule has 24 heavy (non-hydrogen) atoms. The maximum atomic E-state index is 13.8. The van der Waals surface area contributed by atoms with Crippen molar-refractivity contribution in [1.29, 1.82) is 0 Å². The smallest absolute Gasteiger partial charge is 0.238 e. The van der Waals surface area contributed by atoms with Crippen LogP contribution in [0, 0.1) is 5.82 Å². The van der Waals surface area contributed by atoms with Crippen LogP contribution in [0.15, 0.2) is 24.3 Å². The average molecular weight is 330 g/mol. The van der Waals surface area contributed by atoms with Crippen molar-refractivity contribution in [2.75, 3.05) is 0 Å². The number of benzene rings is 1. The van der Waals surface area contributed by atoms with Gasteiger partial charge in [0.05, 0.1) is 12.6 Å². The van der Waals surface area contributed by atoms with E-state index in [2.05, 4.69) is 30.9 Å². The number of aromatic nitrogens is 3. The number of aryl methyl sites for hydroxylation is 1. The molecule has 1 saturated heterocycles. The second-order valence-corrected chi connectivity index (χ2v) is 6.16. The number of hydrogen-bond donors (Lipinski definition) is 3. The van der Waals surface area contributed by atoms with Gasteiger partial charge in [0, 0.05) is 18.5 Å². The molecule has 0 spiro atoms. The summed E-state index contributed by atoms with van der Waals surface area (Å²) in [6.07, 6.45) is 2.51. The number of nitrogens with one attached hydrogen (secondary N) is 3. The number of carbonyl (C=O) groups is 1. The van der Waals surface area contributed by atoms with E-state index in [0.717, 1.165) is 31.0 Å². The molecule has 1 fully saturated rings. The maximum Gasteiger partial charge on any atom is 0.238 e. The van der Waals surface area contributed by atoms with E-state index in [1.807, 2.05) is 0 Å². The number of rotatable bonds is 4. The molecule has 1 amide bonds. The van der Waals surface area contributed by atoms with Gasteiger partial charge in [-0.15, -0.1) is 10.2 Å². The Kier molecular flexibility index (Phi) is 3.99. The van der Waals surface area contributed by atoms with Gasteiger partial charge in [0.1, 0.15) is 17.7 Å². The lowest BCUT2D eigenvalue weighted by atomic mass is 10.0. The van der Waals surface area contributed by atoms with Crippen LogP contribution in [0.4, 0.5) is 4.39 Å². The van der Waals surface area contributed by atoms with Crippen molar-refractivity contribution in [1.82, 2.24) is 30.9 Å². The molecule has 2 aliphatic rings. The van der Waals surface area contributed by atoms with E-state index in [-0.39, 0.29) is 17.8 Å². The zero-order chi connectivity index (χ0) is 16.5. The SMILES string of the molecule is O=C(NCc1nnc2n1CCC2)C1CC(c2ccccc2F)NN1. The fourth-order valence-electron chi connectivity index (χ4n) is 3.32. The quantitative estimate of drug-likeness (QED) is 0.764. The van der Waals surface area contributed by atoms with E-state index in [1.165, 1.54) is 6.07 Å². The first-order valence-corrected chi connectivity index (χ1v) is 8.16. The molecule has 0 radical (unpaired) electrons. The molecule has 4 rings (SSSR count). The molecular formula is C16H19FN6O. The first-order valence-electron chi connectivity index (χ1n) is 8.16. The lowest BCUT2D eigenvalue weighted by Crippen LogP contribution is -2.43. The van der Waals surface area contributed by atoms with Crippen LogP contribution < -0.4 is 16.2 Å². The van der Waals surface area contributed by atoms with Crippen LogP contribution in [0.2, 0.25) is 0 Å². The highest BCUT2D eigenvalue weighted by Crippen LogP contribution is 2.24. The normalized spacial score (nSPS) is 22.5. The van der Waals surface area contributed by atoms with Crippen molar-refractivity contribution in [3.8, 4) is 0 Å². The van der Waals surface area contributed by atoms with E-state index in [9.17, 15) is 9.18 Å². The lowest BCUT2D eigenvalue weighted by molar-refractivity contribution is -0.123. The molecule has 0 saturated carbocycles. The van der Waals surface area contributed by atoms with Gasteiger partial charge >= 0.3 is 0 Å². The van der Waals surface area contributed by atoms with Gasteiger partial charge in [-0.05, 0) is 18.9 Å². The first-order chi connectivity index (χ1) is 11.7. The number of halogens is 1. The molecule has 2 aliphatic heterocycles. The predicted molar refractivity (Wildman–Crippen MR) is 84.0 cm³/mol. The molecule has 8 heteroatoms. The number of fused-ring (bicyclic) bond motifs is 1. The summed E-state index contributed by atoms with van der Waals surface area (Å²) < 4.78 is 15.9. The van der Waals surface area contributed by atoms with Crippen LogP contribution in [0.1, 0.15) is 36.1 Å². The van der Waals surface area contributed by atoms with E-state index in [0.29, 0.717) is 18.5 Å². The Morgan fingerprint density at radius 2 is 2.21 bits per heavy atom. The van der Waals surface area contributed by atoms with Crippen molar-refractivity contribution in [3.05, 3.63) is 47.3 Å². The third kappa shape index (κ3) is 2.78. The molecule has 0 aliphatic carbocycles. The standard InChI is InChI=1S/C16H19FN6O/c17-11-5-2-1-4-10(11)12-8-13(20-19-12)16(24)18-9-15-22-21-14-6-3-7-23(14)15/h1-2,4-5,12-13,19-20H,3,6-9H2,(H,18,24). The highest BCUT2D eigenvalue weighted by atomic mass is 19.1. The maximum absolute atomic E-state index is 13.8. The molecule has 3 heterocycles. The van der Waals surface area contributed by atoms with E-state index in [1.54, 1.807) is 18.2 Å². The molecule has 1 aromatic heterocycles. The predicted octanol–water partition coefficient (Wildman–Crippen LogP) is 0.587. The molecule has 3 N–H and O–H groups in total. The molecule has 126 valence electrons. The largest absolute Gasteiger partial charge is 0.347 e. The van der Waals surface area contributed by atoms with Gasteiger partial charge in [0.2, 0.25) is 5.91 Å². The Hall–Kier alpha value is -2.32. The van der Waals surface area contributed by atoms with Gasteiger partial charge in [-0.25, -0.2) is 15.2 Å². The third-order valence-electron chi connectivity index (χ3n) is 4.61. The van der Waals surface area contributed by atoms with Gasteiger partial charge in [-0.1, -0.05) is 18.2 Å². The summed E-state index contributed by atoms with van der Waals surface area (Å²) in [5, 5.41) is 11.1. The highest BCUT2D eigenvalue weighted by Gasteiger charge is 2.31. The Morgan fingerprint density at radius 3 is 3.08 bits per heavy atom. The number of carbonyl (C=O) groups excluding carboxylic acids is 1. The average Bonchev–Trinajstić information content (AvgIpc) is 3.30. The van der Waals surface area contributed by atoms with E-state index < -0.39 is 6.04 Å². The summed E-state index contributed by atoms with van der Waals surface area (Å²) in [6, 6.07) is 5.97. The second-order valence-electron chi connectivity index (χ2n) is 6.16. The van der Waals surface area contributed by atoms with Crippen molar-refractivity contribution >= 4 is 5.91 Å². The van der Waals surface area contributed by atoms with Crippen molar-refractivity contribution in [2.45, 2.75) is 44.4 Å². The van der Waals surface area contributed by atoms with Crippen LogP contribution >= 0.6 is 0 Å². The molecule has 7 nitrogen and oxygen atoms in total. The number of hydrogen-bond acceptors (Lipinski definition) is 5. The summed E-state index contributed by atoms with van der Waals surface area (Å²) in [5.74, 6) is 1.38. The number of hydrazine groups is 1. The van der Waals surface area contributed by atoms with Gasteiger partial charge in [0.25, 0.3) is 0 Å². The minimum Gasteiger partial charge on any atom is -0.347 e. The molecular weight excluding hydrogens is 311 g/mol. The second kappa shape index (κ2) is 6.29. The molecule has 2 aromatic rings. The minimum absolute atomic E-state index is 0.128. The fourth-order valence-corrected chi connectivity index (χ4v) is 3.32. The lowest BCUT2D eigenvalue weighted by Gasteiger charge is -2.11. The van der Waals surface area contributed by atoms with E-state index >= 15 is 0 Å². The van der Waals surface area contributed by atoms with Crippen LogP contribution in [0.3, 0.4) is 0 Å². The Morgan fingerprint density at radius 1 is 1.33 bits per heavy atom. The summed E-state index contributed by atoms with van der Waals surface area (Å²) in [4.78, 5) is 12.3. The van der Waals surface area contributed by atoms with Crippen LogP contribution in [0.5, 0.6) is 0 Å². The molecule has 2 atom stereocenters. The fraction of sp³-hybridized carbons (Fsp3) is 0.438. The van der Waals surface area contributed by atoms with Crippen LogP contribution in [-0.4, -0.2) is 26.7 Å².